The number of aromatic hydroxyl groups is 1. The summed E-state index contributed by atoms with van der Waals surface area (Å²) in [6.45, 7) is 0.263. The molecule has 2 aromatic carbocycles. The number of carbonyl (C=O) groups excluding carboxylic acids is 1. The van der Waals surface area contributed by atoms with Gasteiger partial charge in [0.15, 0.2) is 0 Å². The van der Waals surface area contributed by atoms with Crippen molar-refractivity contribution in [2.24, 2.45) is 0 Å². The van der Waals surface area contributed by atoms with Gasteiger partial charge in [-0.25, -0.2) is 4.39 Å². The van der Waals surface area contributed by atoms with Gasteiger partial charge in [0.2, 0.25) is 17.6 Å². The molecule has 25 heavy (non-hydrogen) atoms. The Morgan fingerprint density at radius 3 is 2.76 bits per heavy atom. The van der Waals surface area contributed by atoms with Crippen molar-refractivity contribution in [3.05, 3.63) is 65.8 Å². The van der Waals surface area contributed by atoms with Crippen molar-refractivity contribution in [2.45, 2.75) is 19.4 Å². The monoisotopic (exact) mass is 341 g/mol. The fourth-order valence-corrected chi connectivity index (χ4v) is 2.24. The molecular weight excluding hydrogens is 325 g/mol. The zero-order valence-corrected chi connectivity index (χ0v) is 13.3. The van der Waals surface area contributed by atoms with Crippen LogP contribution < -0.4 is 5.32 Å². The minimum atomic E-state index is -0.334. The highest BCUT2D eigenvalue weighted by Crippen LogP contribution is 2.19. The van der Waals surface area contributed by atoms with Crippen LogP contribution in [-0.4, -0.2) is 21.2 Å². The van der Waals surface area contributed by atoms with E-state index < -0.39 is 0 Å². The molecule has 0 aliphatic carbocycles. The number of halogens is 1. The Morgan fingerprint density at radius 2 is 2.00 bits per heavy atom. The van der Waals surface area contributed by atoms with E-state index in [0.29, 0.717) is 29.3 Å². The number of nitrogens with one attached hydrogen (secondary N) is 1. The second kappa shape index (κ2) is 7.57. The minimum Gasteiger partial charge on any atom is -0.508 e. The average molecular weight is 341 g/mol. The van der Waals surface area contributed by atoms with Crippen LogP contribution in [0.1, 0.15) is 17.9 Å². The number of phenols is 1. The van der Waals surface area contributed by atoms with E-state index >= 15 is 0 Å². The first-order chi connectivity index (χ1) is 12.1. The molecule has 128 valence electrons. The molecule has 6 nitrogen and oxygen atoms in total. The molecule has 0 spiro atoms. The van der Waals surface area contributed by atoms with E-state index in [1.807, 2.05) is 0 Å². The third kappa shape index (κ3) is 4.63. The van der Waals surface area contributed by atoms with Gasteiger partial charge in [-0.3, -0.25) is 4.79 Å². The summed E-state index contributed by atoms with van der Waals surface area (Å²) >= 11 is 0. The summed E-state index contributed by atoms with van der Waals surface area (Å²) < 4.78 is 18.2. The number of aromatic nitrogens is 2. The van der Waals surface area contributed by atoms with Crippen LogP contribution in [0.4, 0.5) is 4.39 Å². The smallest absolute Gasteiger partial charge is 0.227 e. The van der Waals surface area contributed by atoms with E-state index in [0.717, 1.165) is 0 Å². The van der Waals surface area contributed by atoms with E-state index in [1.165, 1.54) is 24.3 Å². The van der Waals surface area contributed by atoms with Gasteiger partial charge in [0, 0.05) is 24.9 Å². The second-order valence-corrected chi connectivity index (χ2v) is 5.47. The predicted molar refractivity (Wildman–Crippen MR) is 88.0 cm³/mol. The van der Waals surface area contributed by atoms with E-state index in [9.17, 15) is 14.3 Å². The number of benzene rings is 2. The molecule has 3 aromatic rings. The highest BCUT2D eigenvalue weighted by molar-refractivity contribution is 5.76. The van der Waals surface area contributed by atoms with Crippen LogP contribution in [0.3, 0.4) is 0 Å². The number of hydrogen-bond donors (Lipinski definition) is 2. The van der Waals surface area contributed by atoms with Gasteiger partial charge in [-0.1, -0.05) is 17.3 Å². The summed E-state index contributed by atoms with van der Waals surface area (Å²) in [5.41, 5.74) is 1.41. The van der Waals surface area contributed by atoms with Gasteiger partial charge >= 0.3 is 0 Å². The normalized spacial score (nSPS) is 10.6. The number of carbonyl (C=O) groups is 1. The highest BCUT2D eigenvalue weighted by Gasteiger charge is 2.11. The van der Waals surface area contributed by atoms with Gasteiger partial charge in [0.1, 0.15) is 11.6 Å². The number of nitrogens with zero attached hydrogens (tertiary/aromatic N) is 2. The molecule has 0 aliphatic heterocycles. The average Bonchev–Trinajstić information content (AvgIpc) is 3.08. The third-order valence-corrected chi connectivity index (χ3v) is 3.54. The lowest BCUT2D eigenvalue weighted by molar-refractivity contribution is -0.121. The van der Waals surface area contributed by atoms with Gasteiger partial charge in [-0.05, 0) is 42.0 Å². The number of hydrogen-bond acceptors (Lipinski definition) is 5. The van der Waals surface area contributed by atoms with Crippen LogP contribution in [0, 0.1) is 5.82 Å². The molecule has 0 bridgehead atoms. The standard InChI is InChI=1S/C18H16FN3O3/c19-14-3-1-2-12(10-14)11-20-16(24)8-9-17-21-18(22-25-17)13-4-6-15(23)7-5-13/h1-7,10,23H,8-9,11H2,(H,20,24). The molecule has 0 saturated carbocycles. The Kier molecular flexibility index (Phi) is 5.03. The van der Waals surface area contributed by atoms with Crippen LogP contribution in [0.15, 0.2) is 53.1 Å². The number of amides is 1. The van der Waals surface area contributed by atoms with Gasteiger partial charge in [-0.2, -0.15) is 4.98 Å². The number of aryl methyl sites for hydroxylation is 1. The molecule has 1 aromatic heterocycles. The fraction of sp³-hybridized carbons (Fsp3) is 0.167. The molecule has 7 heteroatoms. The summed E-state index contributed by atoms with van der Waals surface area (Å²) in [6, 6.07) is 12.5. The maximum absolute atomic E-state index is 13.1. The molecule has 0 atom stereocenters. The number of rotatable bonds is 6. The van der Waals surface area contributed by atoms with Crippen molar-refractivity contribution in [2.75, 3.05) is 0 Å². The quantitative estimate of drug-likeness (QED) is 0.720. The van der Waals surface area contributed by atoms with Gasteiger partial charge in [0.25, 0.3) is 0 Å². The van der Waals surface area contributed by atoms with Crippen molar-refractivity contribution < 1.29 is 18.8 Å². The SMILES string of the molecule is O=C(CCc1nc(-c2ccc(O)cc2)no1)NCc1cccc(F)c1. The van der Waals surface area contributed by atoms with E-state index in [-0.39, 0.29) is 30.4 Å². The molecule has 0 unspecified atom stereocenters. The summed E-state index contributed by atoms with van der Waals surface area (Å²) in [5.74, 6) is 0.384. The minimum absolute atomic E-state index is 0.155. The Morgan fingerprint density at radius 1 is 1.20 bits per heavy atom. The van der Waals surface area contributed by atoms with Crippen LogP contribution in [0.5, 0.6) is 5.75 Å². The van der Waals surface area contributed by atoms with E-state index in [2.05, 4.69) is 15.5 Å². The topological polar surface area (TPSA) is 88.2 Å². The second-order valence-electron chi connectivity index (χ2n) is 5.47. The molecular formula is C18H16FN3O3. The molecule has 0 aliphatic rings. The zero-order valence-electron chi connectivity index (χ0n) is 13.3. The summed E-state index contributed by atoms with van der Waals surface area (Å²) in [4.78, 5) is 16.1. The van der Waals surface area contributed by atoms with Crippen molar-refractivity contribution in [3.8, 4) is 17.1 Å². The third-order valence-electron chi connectivity index (χ3n) is 3.54. The maximum atomic E-state index is 13.1. The van der Waals surface area contributed by atoms with Crippen molar-refractivity contribution in [3.63, 3.8) is 0 Å². The Labute approximate surface area is 143 Å². The van der Waals surface area contributed by atoms with Crippen molar-refractivity contribution >= 4 is 5.91 Å². The van der Waals surface area contributed by atoms with Gasteiger partial charge < -0.3 is 14.9 Å². The molecule has 0 fully saturated rings. The summed E-state index contributed by atoms with van der Waals surface area (Å²) in [6.07, 6.45) is 0.493. The Bertz CT molecular complexity index is 862. The Balaban J connectivity index is 1.50. The largest absolute Gasteiger partial charge is 0.508 e. The molecule has 0 saturated heterocycles. The lowest BCUT2D eigenvalue weighted by Gasteiger charge is -2.04. The predicted octanol–water partition coefficient (Wildman–Crippen LogP) is 2.83. The lowest BCUT2D eigenvalue weighted by Crippen LogP contribution is -2.23. The van der Waals surface area contributed by atoms with Crippen LogP contribution in [-0.2, 0) is 17.8 Å². The van der Waals surface area contributed by atoms with Gasteiger partial charge in [-0.15, -0.1) is 0 Å². The fourth-order valence-electron chi connectivity index (χ4n) is 2.24. The molecule has 2 N–H and O–H groups in total. The molecule has 0 radical (unpaired) electrons. The Hall–Kier alpha value is -3.22. The molecule has 1 heterocycles. The zero-order chi connectivity index (χ0) is 17.6. The van der Waals surface area contributed by atoms with Crippen LogP contribution in [0.25, 0.3) is 11.4 Å². The summed E-state index contributed by atoms with van der Waals surface area (Å²) in [7, 11) is 0. The van der Waals surface area contributed by atoms with E-state index in [4.69, 9.17) is 4.52 Å². The van der Waals surface area contributed by atoms with E-state index in [1.54, 1.807) is 24.3 Å². The molecule has 1 amide bonds. The lowest BCUT2D eigenvalue weighted by atomic mass is 10.2. The highest BCUT2D eigenvalue weighted by atomic mass is 19.1. The first kappa shape index (κ1) is 16.6. The molecule has 3 rings (SSSR count). The van der Waals surface area contributed by atoms with Crippen molar-refractivity contribution in [1.82, 2.24) is 15.5 Å². The summed E-state index contributed by atoms with van der Waals surface area (Å²) in [5, 5.41) is 15.8. The maximum Gasteiger partial charge on any atom is 0.227 e. The van der Waals surface area contributed by atoms with Gasteiger partial charge in [0.05, 0.1) is 0 Å². The number of phenolic OH excluding ortho intramolecular Hbond substituents is 1. The first-order valence-electron chi connectivity index (χ1n) is 7.73. The van der Waals surface area contributed by atoms with Crippen molar-refractivity contribution in [1.29, 1.82) is 0 Å². The van der Waals surface area contributed by atoms with Crippen LogP contribution >= 0.6 is 0 Å². The first-order valence-corrected chi connectivity index (χ1v) is 7.73. The van der Waals surface area contributed by atoms with Crippen LogP contribution in [0.2, 0.25) is 0 Å².